The molecule has 2 N–H and O–H groups in total. The van der Waals surface area contributed by atoms with Gasteiger partial charge in [-0.05, 0) is 45.0 Å². The van der Waals surface area contributed by atoms with Crippen molar-refractivity contribution in [1.82, 2.24) is 19.6 Å². The Morgan fingerprint density at radius 3 is 2.59 bits per heavy atom. The highest BCUT2D eigenvalue weighted by molar-refractivity contribution is 7.52. The number of hydrogen-bond donors (Lipinski definition) is 2. The number of carbonyl (C=O) groups is 1. The van der Waals surface area contributed by atoms with E-state index >= 15 is 0 Å². The van der Waals surface area contributed by atoms with Crippen LogP contribution in [0.15, 0.2) is 77.6 Å². The fourth-order valence-corrected chi connectivity index (χ4v) is 7.71. The van der Waals surface area contributed by atoms with E-state index in [1.54, 1.807) is 48.7 Å². The molecular weight excluding hydrogens is 655 g/mol. The molecule has 6 atom stereocenters. The molecule has 0 saturated carbocycles. The number of methoxy groups -OCH3 is 1. The number of furan rings is 1. The van der Waals surface area contributed by atoms with Gasteiger partial charge in [0.05, 0.1) is 37.4 Å². The predicted molar refractivity (Wildman–Crippen MR) is 177 cm³/mol. The van der Waals surface area contributed by atoms with Crippen LogP contribution < -0.4 is 14.3 Å². The first-order chi connectivity index (χ1) is 23.6. The smallest absolute Gasteiger partial charge is 0.459 e. The molecule has 1 unspecified atom stereocenters. The molecule has 0 amide bonds. The zero-order chi connectivity index (χ0) is 34.3. The van der Waals surface area contributed by atoms with E-state index in [0.717, 1.165) is 5.39 Å². The Balaban J connectivity index is 1.20. The second kappa shape index (κ2) is 13.2. The van der Waals surface area contributed by atoms with Crippen molar-refractivity contribution < 1.29 is 46.9 Å². The van der Waals surface area contributed by atoms with Gasteiger partial charge in [-0.15, -0.1) is 0 Å². The van der Waals surface area contributed by atoms with Gasteiger partial charge in [0.25, 0.3) is 0 Å². The SMILES string of the molecule is COc1ncnc2c1c(-c1cc3ccccc3o1)cn2[C@@H]1O[C@H](COP(=O)(N[C@@H](C)C(=O)OC(C)C)Oc2ccccc2)[C@@H](O)[C@]12CCO2. The number of carbonyl (C=O) groups excluding carboxylic acids is 1. The molecule has 7 rings (SSSR count). The standard InChI is InChI=1S/C34H37N4O10P/c1-20(2)45-32(40)21(3)37-49(41,48-23-11-6-5-7-12-23)44-18-27-29(39)34(14-15-43-34)33(47-27)38-17-24(28-30(38)35-19-36-31(28)42-4)26-16-22-10-8-9-13-25(22)46-26/h5-13,16-17,19-21,27,29,33,39H,14-15,18H2,1-4H3,(H,37,41)/t21-,27+,29+,33+,34+,49?/m0/s1. The zero-order valence-corrected chi connectivity index (χ0v) is 28.2. The number of aliphatic hydroxyl groups excluding tert-OH is 1. The van der Waals surface area contributed by atoms with Gasteiger partial charge in [0.2, 0.25) is 5.88 Å². The normalized spacial score (nSPS) is 23.8. The molecule has 258 valence electrons. The van der Waals surface area contributed by atoms with Crippen LogP contribution in [0.1, 0.15) is 33.4 Å². The molecule has 1 spiro atoms. The second-order valence-corrected chi connectivity index (χ2v) is 13.9. The maximum absolute atomic E-state index is 14.1. The fourth-order valence-electron chi connectivity index (χ4n) is 6.21. The molecule has 2 saturated heterocycles. The van der Waals surface area contributed by atoms with Crippen molar-refractivity contribution in [2.24, 2.45) is 0 Å². The van der Waals surface area contributed by atoms with Crippen molar-refractivity contribution in [2.75, 3.05) is 20.3 Å². The molecule has 3 aromatic heterocycles. The van der Waals surface area contributed by atoms with Crippen molar-refractivity contribution in [3.8, 4) is 23.0 Å². The Hall–Kier alpha value is -4.30. The summed E-state index contributed by atoms with van der Waals surface area (Å²) in [5.74, 6) is 0.510. The fraction of sp³-hybridized carbons (Fsp3) is 0.382. The van der Waals surface area contributed by atoms with E-state index in [-0.39, 0.29) is 18.5 Å². The minimum atomic E-state index is -4.24. The third-order valence-corrected chi connectivity index (χ3v) is 10.2. The van der Waals surface area contributed by atoms with E-state index in [9.17, 15) is 14.5 Å². The van der Waals surface area contributed by atoms with Gasteiger partial charge < -0.3 is 37.6 Å². The van der Waals surface area contributed by atoms with E-state index < -0.39 is 43.8 Å². The number of esters is 1. The maximum Gasteiger partial charge on any atom is 0.459 e. The highest BCUT2D eigenvalue weighted by Crippen LogP contribution is 2.52. The second-order valence-electron chi connectivity index (χ2n) is 12.2. The van der Waals surface area contributed by atoms with Crippen molar-refractivity contribution in [3.63, 3.8) is 0 Å². The number of nitrogens with one attached hydrogen (secondary N) is 1. The number of nitrogens with zero attached hydrogens (tertiary/aromatic N) is 3. The van der Waals surface area contributed by atoms with Gasteiger partial charge in [0.1, 0.15) is 52.9 Å². The summed E-state index contributed by atoms with van der Waals surface area (Å²) in [5, 5.41) is 15.9. The highest BCUT2D eigenvalue weighted by Gasteiger charge is 2.62. The van der Waals surface area contributed by atoms with E-state index in [2.05, 4.69) is 15.1 Å². The van der Waals surface area contributed by atoms with Crippen LogP contribution in [0.3, 0.4) is 0 Å². The molecule has 49 heavy (non-hydrogen) atoms. The van der Waals surface area contributed by atoms with E-state index in [1.807, 2.05) is 36.5 Å². The Kier molecular flexibility index (Phi) is 8.94. The van der Waals surface area contributed by atoms with Crippen molar-refractivity contribution in [3.05, 3.63) is 73.2 Å². The lowest BCUT2D eigenvalue weighted by molar-refractivity contribution is -0.225. The first kappa shape index (κ1) is 33.2. The minimum absolute atomic E-state index is 0.248. The van der Waals surface area contributed by atoms with E-state index in [1.165, 1.54) is 20.4 Å². The van der Waals surface area contributed by atoms with Gasteiger partial charge in [-0.2, -0.15) is 5.09 Å². The van der Waals surface area contributed by atoms with E-state index in [0.29, 0.717) is 46.8 Å². The minimum Gasteiger partial charge on any atom is -0.480 e. The number of aliphatic hydroxyl groups is 1. The largest absolute Gasteiger partial charge is 0.480 e. The van der Waals surface area contributed by atoms with Crippen LogP contribution in [-0.4, -0.2) is 75.9 Å². The van der Waals surface area contributed by atoms with E-state index in [4.69, 9.17) is 32.4 Å². The molecule has 2 aliphatic heterocycles. The van der Waals surface area contributed by atoms with Gasteiger partial charge in [-0.25, -0.2) is 14.5 Å². The molecule has 2 aliphatic rings. The summed E-state index contributed by atoms with van der Waals surface area (Å²) >= 11 is 0. The summed E-state index contributed by atoms with van der Waals surface area (Å²) in [6.45, 7) is 4.94. The quantitative estimate of drug-likeness (QED) is 0.126. The summed E-state index contributed by atoms with van der Waals surface area (Å²) in [7, 11) is -2.71. The number of para-hydroxylation sites is 2. The molecule has 14 nitrogen and oxygen atoms in total. The topological polar surface area (TPSA) is 166 Å². The van der Waals surface area contributed by atoms with Crippen LogP contribution in [0, 0.1) is 0 Å². The summed E-state index contributed by atoms with van der Waals surface area (Å²) in [5.41, 5.74) is 0.659. The third kappa shape index (κ3) is 6.20. The van der Waals surface area contributed by atoms with Crippen LogP contribution in [0.4, 0.5) is 0 Å². The summed E-state index contributed by atoms with van der Waals surface area (Å²) in [4.78, 5) is 21.5. The third-order valence-electron chi connectivity index (χ3n) is 8.58. The first-order valence-electron chi connectivity index (χ1n) is 15.9. The molecule has 0 radical (unpaired) electrons. The molecule has 2 aromatic carbocycles. The number of benzene rings is 2. The Bertz CT molecular complexity index is 1980. The van der Waals surface area contributed by atoms with Crippen LogP contribution in [-0.2, 0) is 28.1 Å². The van der Waals surface area contributed by atoms with Crippen molar-refractivity contribution >= 4 is 35.7 Å². The number of aromatic nitrogens is 3. The molecule has 5 aromatic rings. The van der Waals surface area contributed by atoms with Crippen molar-refractivity contribution in [2.45, 2.75) is 63.4 Å². The molecule has 0 aliphatic carbocycles. The number of fused-ring (bicyclic) bond motifs is 2. The van der Waals surface area contributed by atoms with Gasteiger partial charge in [0.15, 0.2) is 6.23 Å². The Labute approximate surface area is 281 Å². The molecule has 2 fully saturated rings. The number of rotatable bonds is 12. The lowest BCUT2D eigenvalue weighted by Crippen LogP contribution is -2.56. The zero-order valence-electron chi connectivity index (χ0n) is 27.3. The lowest BCUT2D eigenvalue weighted by atomic mass is 9.86. The van der Waals surface area contributed by atoms with Crippen LogP contribution in [0.25, 0.3) is 33.3 Å². The van der Waals surface area contributed by atoms with Gasteiger partial charge in [-0.1, -0.05) is 36.4 Å². The predicted octanol–water partition coefficient (Wildman–Crippen LogP) is 5.40. The summed E-state index contributed by atoms with van der Waals surface area (Å²) in [6, 6.07) is 17.0. The summed E-state index contributed by atoms with van der Waals surface area (Å²) < 4.78 is 57.3. The Morgan fingerprint density at radius 2 is 1.90 bits per heavy atom. The average molecular weight is 693 g/mol. The maximum atomic E-state index is 14.1. The average Bonchev–Trinajstić information content (AvgIpc) is 3.75. The highest BCUT2D eigenvalue weighted by atomic mass is 31.2. The molecule has 15 heteroatoms. The van der Waals surface area contributed by atoms with Crippen LogP contribution >= 0.6 is 7.75 Å². The van der Waals surface area contributed by atoms with Gasteiger partial charge in [0, 0.05) is 18.0 Å². The lowest BCUT2D eigenvalue weighted by Gasteiger charge is -2.44. The van der Waals surface area contributed by atoms with Crippen LogP contribution in [0.2, 0.25) is 0 Å². The number of ether oxygens (including phenoxy) is 4. The van der Waals surface area contributed by atoms with Gasteiger partial charge in [-0.3, -0.25) is 9.32 Å². The first-order valence-corrected chi connectivity index (χ1v) is 17.5. The Morgan fingerprint density at radius 1 is 1.14 bits per heavy atom. The molecular formula is C34H37N4O10P. The van der Waals surface area contributed by atoms with Gasteiger partial charge >= 0.3 is 13.7 Å². The molecule has 5 heterocycles. The van der Waals surface area contributed by atoms with Crippen LogP contribution in [0.5, 0.6) is 11.6 Å². The number of hydrogen-bond acceptors (Lipinski definition) is 12. The summed E-state index contributed by atoms with van der Waals surface area (Å²) in [6.07, 6.45) is 0.181. The van der Waals surface area contributed by atoms with Crippen molar-refractivity contribution in [1.29, 1.82) is 0 Å². The molecule has 0 bridgehead atoms. The monoisotopic (exact) mass is 692 g/mol.